The maximum Gasteiger partial charge on any atom is 0.445 e. The molecule has 1 unspecified atom stereocenters. The van der Waals surface area contributed by atoms with Gasteiger partial charge in [0.25, 0.3) is 5.84 Å². The topological polar surface area (TPSA) is 117 Å². The van der Waals surface area contributed by atoms with Gasteiger partial charge in [-0.1, -0.05) is 18.3 Å². The standard InChI is InChI=1S/C17H20N6O4S2/c1-5-11-20-21-16(29-11)19-10(24)8-28-13-9(7-27-4)6-18-14-12(13)15(25)23(3)17(26)22(14)2/h6,12H,5,7-8H2,1-4H3/p+1. The van der Waals surface area contributed by atoms with Gasteiger partial charge in [-0.15, -0.1) is 27.0 Å². The van der Waals surface area contributed by atoms with E-state index in [1.807, 2.05) is 6.92 Å². The van der Waals surface area contributed by atoms with Crippen LogP contribution in [0.1, 0.15) is 11.9 Å². The van der Waals surface area contributed by atoms with Crippen molar-refractivity contribution in [2.75, 3.05) is 38.9 Å². The van der Waals surface area contributed by atoms with Gasteiger partial charge in [-0.3, -0.25) is 14.9 Å². The fourth-order valence-corrected chi connectivity index (χ4v) is 4.61. The fourth-order valence-electron chi connectivity index (χ4n) is 2.88. The molecule has 154 valence electrons. The largest absolute Gasteiger partial charge is 0.445 e. The highest BCUT2D eigenvalue weighted by Gasteiger charge is 2.48. The Kier molecular flexibility index (Phi) is 6.55. The van der Waals surface area contributed by atoms with Crippen LogP contribution in [0.5, 0.6) is 0 Å². The number of aromatic nitrogens is 2. The van der Waals surface area contributed by atoms with Crippen LogP contribution in [-0.4, -0.2) is 83.1 Å². The lowest BCUT2D eigenvalue weighted by Gasteiger charge is -2.28. The molecule has 4 amide bonds. The molecule has 12 heteroatoms. The first kappa shape index (κ1) is 21.3. The summed E-state index contributed by atoms with van der Waals surface area (Å²) < 4.78 is 6.57. The van der Waals surface area contributed by atoms with Crippen LogP contribution in [0.2, 0.25) is 0 Å². The molecule has 0 aromatic carbocycles. The molecule has 1 N–H and O–H groups in total. The predicted molar refractivity (Wildman–Crippen MR) is 111 cm³/mol. The maximum absolute atomic E-state index is 12.8. The molecule has 2 aliphatic heterocycles. The van der Waals surface area contributed by atoms with Gasteiger partial charge in [-0.2, -0.15) is 9.48 Å². The molecule has 1 aromatic rings. The Morgan fingerprint density at radius 3 is 2.83 bits per heavy atom. The Hall–Kier alpha value is -2.44. The smallest absolute Gasteiger partial charge is 0.380 e. The number of dihydropyridines is 1. The molecule has 0 radical (unpaired) electrons. The van der Waals surface area contributed by atoms with Gasteiger partial charge in [0.05, 0.1) is 26.5 Å². The first-order chi connectivity index (χ1) is 13.9. The first-order valence-corrected chi connectivity index (χ1v) is 10.6. The average molecular weight is 438 g/mol. The Bertz CT molecular complexity index is 951. The van der Waals surface area contributed by atoms with Gasteiger partial charge in [0.15, 0.2) is 5.92 Å². The molecule has 0 saturated heterocycles. The molecule has 2 aliphatic rings. The molecule has 0 bridgehead atoms. The number of carbonyl (C=O) groups is 3. The van der Waals surface area contributed by atoms with Crippen LogP contribution in [0.4, 0.5) is 9.93 Å². The third-order valence-corrected chi connectivity index (χ3v) is 6.56. The van der Waals surface area contributed by atoms with E-state index in [4.69, 9.17) is 4.74 Å². The number of imide groups is 1. The fraction of sp³-hybridized carbons (Fsp3) is 0.471. The van der Waals surface area contributed by atoms with Gasteiger partial charge in [-0.25, -0.2) is 4.79 Å². The van der Waals surface area contributed by atoms with Crippen LogP contribution in [0, 0.1) is 5.92 Å². The van der Waals surface area contributed by atoms with Crippen molar-refractivity contribution >= 4 is 58.1 Å². The van der Waals surface area contributed by atoms with Crippen molar-refractivity contribution in [1.29, 1.82) is 0 Å². The number of nitrogens with zero attached hydrogens (tertiary/aromatic N) is 5. The van der Waals surface area contributed by atoms with Crippen LogP contribution in [0.3, 0.4) is 0 Å². The Morgan fingerprint density at radius 2 is 2.17 bits per heavy atom. The van der Waals surface area contributed by atoms with E-state index >= 15 is 0 Å². The number of ether oxygens (including phenoxy) is 1. The second-order valence-electron chi connectivity index (χ2n) is 6.30. The van der Waals surface area contributed by atoms with Crippen molar-refractivity contribution in [3.8, 4) is 0 Å². The third-order valence-electron chi connectivity index (χ3n) is 4.36. The summed E-state index contributed by atoms with van der Waals surface area (Å²) in [6.45, 7) is 2.20. The lowest BCUT2D eigenvalue weighted by atomic mass is 9.98. The lowest BCUT2D eigenvalue weighted by molar-refractivity contribution is -0.407. The number of amidine groups is 1. The van der Waals surface area contributed by atoms with Gasteiger partial charge in [-0.05, 0) is 6.42 Å². The number of fused-ring (bicyclic) bond motifs is 1. The van der Waals surface area contributed by atoms with E-state index in [0.29, 0.717) is 21.4 Å². The minimum Gasteiger partial charge on any atom is -0.380 e. The van der Waals surface area contributed by atoms with Crippen LogP contribution in [0.25, 0.3) is 0 Å². The summed E-state index contributed by atoms with van der Waals surface area (Å²) in [5, 5.41) is 11.9. The van der Waals surface area contributed by atoms with Gasteiger partial charge < -0.3 is 4.74 Å². The zero-order valence-electron chi connectivity index (χ0n) is 16.5. The molecule has 0 aliphatic carbocycles. The van der Waals surface area contributed by atoms with Crippen LogP contribution in [0.15, 0.2) is 15.5 Å². The maximum atomic E-state index is 12.8. The normalized spacial score (nSPS) is 19.2. The number of aliphatic imine (C=N–C) groups is 1. The van der Waals surface area contributed by atoms with Crippen molar-refractivity contribution in [2.45, 2.75) is 13.3 Å². The minimum atomic E-state index is -0.746. The first-order valence-electron chi connectivity index (χ1n) is 8.80. The van der Waals surface area contributed by atoms with E-state index in [1.165, 1.54) is 34.7 Å². The summed E-state index contributed by atoms with van der Waals surface area (Å²) in [4.78, 5) is 43.4. The number of anilines is 1. The van der Waals surface area contributed by atoms with Gasteiger partial charge in [0, 0.05) is 17.6 Å². The molecule has 29 heavy (non-hydrogen) atoms. The number of carbonyl (C=O) groups excluding carboxylic acids is 3. The average Bonchev–Trinajstić information content (AvgIpc) is 3.17. The number of urea groups is 1. The molecule has 3 heterocycles. The van der Waals surface area contributed by atoms with E-state index in [0.717, 1.165) is 16.3 Å². The van der Waals surface area contributed by atoms with E-state index < -0.39 is 11.9 Å². The van der Waals surface area contributed by atoms with Crippen molar-refractivity contribution < 1.29 is 23.7 Å². The van der Waals surface area contributed by atoms with E-state index in [2.05, 4.69) is 20.5 Å². The third kappa shape index (κ3) is 4.28. The summed E-state index contributed by atoms with van der Waals surface area (Å²) in [7, 11) is 4.55. The predicted octanol–water partition coefficient (Wildman–Crippen LogP) is 1.01. The highest BCUT2D eigenvalue weighted by Crippen LogP contribution is 2.34. The molecule has 0 saturated carbocycles. The zero-order chi connectivity index (χ0) is 21.1. The molecular formula is C17H21N6O4S2+. The van der Waals surface area contributed by atoms with Crippen molar-refractivity contribution in [3.05, 3.63) is 15.5 Å². The van der Waals surface area contributed by atoms with E-state index in [9.17, 15) is 14.4 Å². The highest BCUT2D eigenvalue weighted by molar-refractivity contribution is 8.03. The second kappa shape index (κ2) is 8.93. The van der Waals surface area contributed by atoms with E-state index in [-0.39, 0.29) is 24.2 Å². The van der Waals surface area contributed by atoms with Crippen molar-refractivity contribution in [2.24, 2.45) is 10.9 Å². The molecule has 1 aromatic heterocycles. The number of hydrogen-bond donors (Lipinski definition) is 1. The summed E-state index contributed by atoms with van der Waals surface area (Å²) in [6, 6.07) is -0.446. The molecule has 0 fully saturated rings. The quantitative estimate of drug-likeness (QED) is 0.633. The summed E-state index contributed by atoms with van der Waals surface area (Å²) in [6.07, 6.45) is 2.33. The summed E-state index contributed by atoms with van der Waals surface area (Å²) in [5.74, 6) is -0.978. The molecule has 10 nitrogen and oxygen atoms in total. The summed E-state index contributed by atoms with van der Waals surface area (Å²) >= 11 is 2.55. The van der Waals surface area contributed by atoms with Gasteiger partial charge in [0.1, 0.15) is 11.2 Å². The molecule has 1 atom stereocenters. The Labute approximate surface area is 175 Å². The molecule has 0 spiro atoms. The second-order valence-corrected chi connectivity index (χ2v) is 8.38. The van der Waals surface area contributed by atoms with Crippen LogP contribution < -0.4 is 5.32 Å². The van der Waals surface area contributed by atoms with E-state index in [1.54, 1.807) is 20.4 Å². The number of nitrogens with one attached hydrogen (secondary N) is 1. The molecular weight excluding hydrogens is 416 g/mol. The number of aryl methyl sites for hydroxylation is 1. The number of methoxy groups -OCH3 is 1. The van der Waals surface area contributed by atoms with Gasteiger partial charge >= 0.3 is 11.9 Å². The zero-order valence-corrected chi connectivity index (χ0v) is 18.1. The van der Waals surface area contributed by atoms with Crippen molar-refractivity contribution in [3.63, 3.8) is 0 Å². The minimum absolute atomic E-state index is 0.0653. The number of hydrogen-bond acceptors (Lipinski definition) is 9. The Morgan fingerprint density at radius 1 is 1.41 bits per heavy atom. The van der Waals surface area contributed by atoms with Crippen LogP contribution >= 0.6 is 23.1 Å². The SMILES string of the molecule is CCc1nnc(NC(=O)CSC2=C(COC)C=NC3=[N+](C)C(=O)N(C)C(=O)C23)s1. The van der Waals surface area contributed by atoms with Gasteiger partial charge in [0.2, 0.25) is 11.0 Å². The Balaban J connectivity index is 1.82. The number of amides is 4. The number of rotatable bonds is 7. The van der Waals surface area contributed by atoms with Crippen molar-refractivity contribution in [1.82, 2.24) is 15.1 Å². The molecule has 3 rings (SSSR count). The highest BCUT2D eigenvalue weighted by atomic mass is 32.2. The monoisotopic (exact) mass is 437 g/mol. The van der Waals surface area contributed by atoms with Crippen LogP contribution in [-0.2, 0) is 20.7 Å². The number of thioether (sulfide) groups is 1. The summed E-state index contributed by atoms with van der Waals surface area (Å²) in [5.41, 5.74) is 0.702. The lowest BCUT2D eigenvalue weighted by Crippen LogP contribution is -2.53.